The van der Waals surface area contributed by atoms with Crippen molar-refractivity contribution in [3.63, 3.8) is 0 Å². The Bertz CT molecular complexity index is 884. The smallest absolute Gasteiger partial charge is 0.0964 e. The molecule has 1 aromatic heterocycles. The molecule has 5 heteroatoms. The van der Waals surface area contributed by atoms with Gasteiger partial charge in [0.2, 0.25) is 0 Å². The van der Waals surface area contributed by atoms with E-state index in [4.69, 9.17) is 28.9 Å². The number of rotatable bonds is 2. The van der Waals surface area contributed by atoms with Gasteiger partial charge in [-0.3, -0.25) is 0 Å². The average molecular weight is 330 g/mol. The van der Waals surface area contributed by atoms with E-state index in [0.717, 1.165) is 27.8 Å². The number of aliphatic imine (C=N–C) groups is 1. The predicted octanol–water partition coefficient (Wildman–Crippen LogP) is 5.22. The van der Waals surface area contributed by atoms with E-state index in [0.29, 0.717) is 15.9 Å². The van der Waals surface area contributed by atoms with E-state index in [9.17, 15) is 0 Å². The Morgan fingerprint density at radius 2 is 1.77 bits per heavy atom. The van der Waals surface area contributed by atoms with Gasteiger partial charge in [0, 0.05) is 10.9 Å². The second kappa shape index (κ2) is 5.95. The molecular formula is C17H13Cl2N3. The second-order valence-corrected chi connectivity index (χ2v) is 5.77. The number of nitrogens with zero attached hydrogens (tertiary/aromatic N) is 2. The molecule has 0 spiro atoms. The molecule has 22 heavy (non-hydrogen) atoms. The number of nitrogens with two attached hydrogens (primary N) is 1. The number of hydrogen-bond donors (Lipinski definition) is 1. The zero-order valence-electron chi connectivity index (χ0n) is 11.8. The van der Waals surface area contributed by atoms with E-state index in [1.807, 2.05) is 42.5 Å². The van der Waals surface area contributed by atoms with Crippen LogP contribution < -0.4 is 5.73 Å². The van der Waals surface area contributed by atoms with Crippen LogP contribution in [-0.4, -0.2) is 10.8 Å². The molecule has 110 valence electrons. The van der Waals surface area contributed by atoms with Gasteiger partial charge >= 0.3 is 0 Å². The topological polar surface area (TPSA) is 51.3 Å². The molecule has 0 aliphatic carbocycles. The molecule has 0 radical (unpaired) electrons. The minimum Gasteiger partial charge on any atom is -0.387 e. The fraction of sp³-hybridized carbons (Fsp3) is 0.0588. The van der Waals surface area contributed by atoms with Gasteiger partial charge in [-0.25, -0.2) is 9.98 Å². The van der Waals surface area contributed by atoms with Crippen molar-refractivity contribution in [1.82, 2.24) is 4.98 Å². The molecule has 0 bridgehead atoms. The van der Waals surface area contributed by atoms with E-state index in [-0.39, 0.29) is 0 Å². The summed E-state index contributed by atoms with van der Waals surface area (Å²) in [5.41, 5.74) is 9.01. The SMILES string of the molecule is CC(N)=Nc1ccc2ccc(-c3ccc(Cl)c(Cl)c3)nc2c1. The summed E-state index contributed by atoms with van der Waals surface area (Å²) >= 11 is 12.0. The highest BCUT2D eigenvalue weighted by Gasteiger charge is 2.05. The summed E-state index contributed by atoms with van der Waals surface area (Å²) in [7, 11) is 0. The van der Waals surface area contributed by atoms with E-state index >= 15 is 0 Å². The molecular weight excluding hydrogens is 317 g/mol. The Morgan fingerprint density at radius 3 is 2.50 bits per heavy atom. The maximum Gasteiger partial charge on any atom is 0.0964 e. The molecule has 0 aliphatic rings. The van der Waals surface area contributed by atoms with Crippen LogP contribution in [0.5, 0.6) is 0 Å². The maximum absolute atomic E-state index is 6.07. The molecule has 3 aromatic rings. The van der Waals surface area contributed by atoms with Gasteiger partial charge < -0.3 is 5.73 Å². The zero-order valence-corrected chi connectivity index (χ0v) is 13.4. The molecule has 2 aromatic carbocycles. The summed E-state index contributed by atoms with van der Waals surface area (Å²) in [4.78, 5) is 8.93. The van der Waals surface area contributed by atoms with Gasteiger partial charge in [-0.2, -0.15) is 0 Å². The van der Waals surface area contributed by atoms with Crippen molar-refractivity contribution in [3.8, 4) is 11.3 Å². The average Bonchev–Trinajstić information content (AvgIpc) is 2.48. The number of aromatic nitrogens is 1. The van der Waals surface area contributed by atoms with Crippen LogP contribution in [0.1, 0.15) is 6.92 Å². The number of hydrogen-bond acceptors (Lipinski definition) is 2. The first-order valence-electron chi connectivity index (χ1n) is 6.70. The van der Waals surface area contributed by atoms with Crippen LogP contribution in [-0.2, 0) is 0 Å². The van der Waals surface area contributed by atoms with Crippen molar-refractivity contribution < 1.29 is 0 Å². The van der Waals surface area contributed by atoms with Crippen LogP contribution in [0.2, 0.25) is 10.0 Å². The van der Waals surface area contributed by atoms with Gasteiger partial charge in [0.15, 0.2) is 0 Å². The van der Waals surface area contributed by atoms with Crippen LogP contribution >= 0.6 is 23.2 Å². The molecule has 0 amide bonds. The molecule has 0 aliphatic heterocycles. The quantitative estimate of drug-likeness (QED) is 0.517. The van der Waals surface area contributed by atoms with Gasteiger partial charge in [-0.15, -0.1) is 0 Å². The lowest BCUT2D eigenvalue weighted by molar-refractivity contribution is 1.38. The Balaban J connectivity index is 2.11. The third-order valence-corrected chi connectivity index (χ3v) is 3.94. The monoisotopic (exact) mass is 329 g/mol. The normalized spacial score (nSPS) is 11.9. The molecule has 0 atom stereocenters. The van der Waals surface area contributed by atoms with Crippen molar-refractivity contribution in [1.29, 1.82) is 0 Å². The number of halogens is 2. The number of fused-ring (bicyclic) bond motifs is 1. The van der Waals surface area contributed by atoms with E-state index in [2.05, 4.69) is 9.98 Å². The number of pyridine rings is 1. The van der Waals surface area contributed by atoms with Crippen LogP contribution in [0.4, 0.5) is 5.69 Å². The van der Waals surface area contributed by atoms with Gasteiger partial charge in [0.05, 0.1) is 32.8 Å². The predicted molar refractivity (Wildman–Crippen MR) is 94.2 cm³/mol. The van der Waals surface area contributed by atoms with Crippen LogP contribution in [0.25, 0.3) is 22.2 Å². The number of amidine groups is 1. The minimum absolute atomic E-state index is 0.512. The molecule has 1 heterocycles. The summed E-state index contributed by atoms with van der Waals surface area (Å²) < 4.78 is 0. The lowest BCUT2D eigenvalue weighted by Gasteiger charge is -2.05. The summed E-state index contributed by atoms with van der Waals surface area (Å²) in [5.74, 6) is 0.514. The Labute approximate surface area is 138 Å². The molecule has 0 fully saturated rings. The van der Waals surface area contributed by atoms with Gasteiger partial charge in [-0.05, 0) is 37.3 Å². The molecule has 0 saturated heterocycles. The minimum atomic E-state index is 0.512. The summed E-state index contributed by atoms with van der Waals surface area (Å²) in [6, 6.07) is 15.2. The Kier molecular flexibility index (Phi) is 4.01. The van der Waals surface area contributed by atoms with Gasteiger partial charge in [0.25, 0.3) is 0 Å². The molecule has 3 nitrogen and oxygen atoms in total. The molecule has 2 N–H and O–H groups in total. The first-order chi connectivity index (χ1) is 10.5. The lowest BCUT2D eigenvalue weighted by Crippen LogP contribution is -2.03. The zero-order chi connectivity index (χ0) is 15.7. The van der Waals surface area contributed by atoms with Crippen LogP contribution in [0, 0.1) is 0 Å². The number of benzene rings is 2. The Hall–Kier alpha value is -2.10. The van der Waals surface area contributed by atoms with Crippen LogP contribution in [0.15, 0.2) is 53.5 Å². The molecule has 0 saturated carbocycles. The van der Waals surface area contributed by atoms with Crippen molar-refractivity contribution in [2.24, 2.45) is 10.7 Å². The first kappa shape index (κ1) is 14.8. The molecule has 3 rings (SSSR count). The van der Waals surface area contributed by atoms with E-state index < -0.39 is 0 Å². The van der Waals surface area contributed by atoms with Crippen molar-refractivity contribution in [2.75, 3.05) is 0 Å². The van der Waals surface area contributed by atoms with Crippen molar-refractivity contribution in [2.45, 2.75) is 6.92 Å². The van der Waals surface area contributed by atoms with Gasteiger partial charge in [0.1, 0.15) is 0 Å². The fourth-order valence-electron chi connectivity index (χ4n) is 2.19. The van der Waals surface area contributed by atoms with E-state index in [1.54, 1.807) is 13.0 Å². The first-order valence-corrected chi connectivity index (χ1v) is 7.45. The second-order valence-electron chi connectivity index (χ2n) is 4.96. The van der Waals surface area contributed by atoms with Crippen LogP contribution in [0.3, 0.4) is 0 Å². The standard InChI is InChI=1S/C17H13Cl2N3/c1-10(20)21-13-5-2-11-4-7-16(22-17(11)9-13)12-3-6-14(18)15(19)8-12/h2-9H,1H3,(H2,20,21). The van der Waals surface area contributed by atoms with Gasteiger partial charge in [-0.1, -0.05) is 41.4 Å². The molecule has 0 unspecified atom stereocenters. The fourth-order valence-corrected chi connectivity index (χ4v) is 2.49. The highest BCUT2D eigenvalue weighted by atomic mass is 35.5. The van der Waals surface area contributed by atoms with Crippen molar-refractivity contribution >= 4 is 45.6 Å². The summed E-state index contributed by atoms with van der Waals surface area (Å²) in [5, 5.41) is 2.08. The van der Waals surface area contributed by atoms with E-state index in [1.165, 1.54) is 0 Å². The lowest BCUT2D eigenvalue weighted by atomic mass is 10.1. The third-order valence-electron chi connectivity index (χ3n) is 3.20. The Morgan fingerprint density at radius 1 is 1.00 bits per heavy atom. The summed E-state index contributed by atoms with van der Waals surface area (Å²) in [6.07, 6.45) is 0. The third kappa shape index (κ3) is 3.06. The highest BCUT2D eigenvalue weighted by Crippen LogP contribution is 2.29. The highest BCUT2D eigenvalue weighted by molar-refractivity contribution is 6.42. The maximum atomic E-state index is 6.07. The van der Waals surface area contributed by atoms with Crippen molar-refractivity contribution in [3.05, 3.63) is 58.6 Å². The largest absolute Gasteiger partial charge is 0.387 e. The summed E-state index contributed by atoms with van der Waals surface area (Å²) in [6.45, 7) is 1.75.